The molecule has 0 aliphatic heterocycles. The maximum atomic E-state index is 13.6. The molecule has 184 valence electrons. The van der Waals surface area contributed by atoms with Gasteiger partial charge in [0.1, 0.15) is 11.8 Å². The van der Waals surface area contributed by atoms with E-state index in [0.29, 0.717) is 16.2 Å². The second kappa shape index (κ2) is 13.1. The van der Waals surface area contributed by atoms with Crippen molar-refractivity contribution in [2.75, 3.05) is 33.9 Å². The zero-order valence-corrected chi connectivity index (χ0v) is 20.6. The molecule has 0 saturated heterocycles. The average molecular weight is 488 g/mol. The predicted molar refractivity (Wildman–Crippen MR) is 131 cm³/mol. The van der Waals surface area contributed by atoms with E-state index < -0.39 is 6.04 Å². The van der Waals surface area contributed by atoms with Crippen LogP contribution in [0, 0.1) is 0 Å². The van der Waals surface area contributed by atoms with Gasteiger partial charge in [-0.15, -0.1) is 11.3 Å². The summed E-state index contributed by atoms with van der Waals surface area (Å²) in [6.45, 7) is 0.226. The van der Waals surface area contributed by atoms with Crippen molar-refractivity contribution in [1.29, 1.82) is 0 Å². The lowest BCUT2D eigenvalue weighted by molar-refractivity contribution is -0.141. The second-order valence-corrected chi connectivity index (χ2v) is 9.21. The van der Waals surface area contributed by atoms with Gasteiger partial charge in [0, 0.05) is 19.7 Å². The summed E-state index contributed by atoms with van der Waals surface area (Å²) in [6, 6.07) is 9.86. The van der Waals surface area contributed by atoms with Gasteiger partial charge in [0.15, 0.2) is 0 Å². The first kappa shape index (κ1) is 25.7. The molecule has 8 nitrogen and oxygen atoms in total. The van der Waals surface area contributed by atoms with E-state index in [-0.39, 0.29) is 43.5 Å². The number of ether oxygens (including phenoxy) is 2. The summed E-state index contributed by atoms with van der Waals surface area (Å²) in [6.07, 6.45) is 5.19. The van der Waals surface area contributed by atoms with Crippen molar-refractivity contribution in [2.45, 2.75) is 44.2 Å². The molecule has 1 atom stereocenters. The minimum absolute atomic E-state index is 0.0901. The Kier molecular flexibility index (Phi) is 9.90. The maximum Gasteiger partial charge on any atom is 0.261 e. The Hall–Kier alpha value is -2.91. The second-order valence-electron chi connectivity index (χ2n) is 8.26. The molecule has 0 spiro atoms. The molecule has 3 rings (SSSR count). The van der Waals surface area contributed by atoms with Crippen LogP contribution in [-0.4, -0.2) is 62.6 Å². The highest BCUT2D eigenvalue weighted by Gasteiger charge is 2.33. The van der Waals surface area contributed by atoms with E-state index in [1.54, 1.807) is 49.9 Å². The molecule has 1 fully saturated rings. The van der Waals surface area contributed by atoms with Crippen LogP contribution >= 0.6 is 11.3 Å². The summed E-state index contributed by atoms with van der Waals surface area (Å²) in [5.74, 6) is -0.333. The zero-order valence-electron chi connectivity index (χ0n) is 19.7. The first-order chi connectivity index (χ1) is 16.5. The number of thiophene rings is 1. The Bertz CT molecular complexity index is 944. The van der Waals surface area contributed by atoms with E-state index in [2.05, 4.69) is 10.6 Å². The fourth-order valence-electron chi connectivity index (χ4n) is 4.15. The molecular weight excluding hydrogens is 454 g/mol. The van der Waals surface area contributed by atoms with Gasteiger partial charge in [0.25, 0.3) is 5.91 Å². The third kappa shape index (κ3) is 7.04. The largest absolute Gasteiger partial charge is 0.497 e. The fourth-order valence-corrected chi connectivity index (χ4v) is 4.79. The molecule has 2 aromatic rings. The zero-order chi connectivity index (χ0) is 24.3. The van der Waals surface area contributed by atoms with Gasteiger partial charge in [0.05, 0.1) is 25.1 Å². The number of rotatable bonds is 11. The molecule has 1 aliphatic rings. The summed E-state index contributed by atoms with van der Waals surface area (Å²) in [5.41, 5.74) is 0.640. The van der Waals surface area contributed by atoms with Crippen LogP contribution in [-0.2, 0) is 14.3 Å². The molecule has 0 unspecified atom stereocenters. The third-order valence-electron chi connectivity index (χ3n) is 5.92. The van der Waals surface area contributed by atoms with E-state index in [1.807, 2.05) is 6.07 Å². The van der Waals surface area contributed by atoms with Gasteiger partial charge in [-0.25, -0.2) is 0 Å². The number of benzene rings is 1. The Morgan fingerprint density at radius 3 is 2.59 bits per heavy atom. The SMILES string of the molecule is COCCN(C(=O)CNC(=O)c1cccs1)[C@H](C(=O)NC1CCCCC1)c1cccc(OC)c1. The summed E-state index contributed by atoms with van der Waals surface area (Å²) < 4.78 is 10.6. The van der Waals surface area contributed by atoms with Crippen LogP contribution in [0.25, 0.3) is 0 Å². The van der Waals surface area contributed by atoms with Crippen molar-refractivity contribution in [2.24, 2.45) is 0 Å². The number of carbonyl (C=O) groups is 3. The minimum atomic E-state index is -0.877. The van der Waals surface area contributed by atoms with Crippen LogP contribution in [0.4, 0.5) is 0 Å². The topological polar surface area (TPSA) is 97.0 Å². The minimum Gasteiger partial charge on any atom is -0.497 e. The molecule has 2 N–H and O–H groups in total. The normalized spacial score (nSPS) is 14.8. The molecule has 1 heterocycles. The number of nitrogens with zero attached hydrogens (tertiary/aromatic N) is 1. The van der Waals surface area contributed by atoms with E-state index in [4.69, 9.17) is 9.47 Å². The number of nitrogens with one attached hydrogen (secondary N) is 2. The Morgan fingerprint density at radius 2 is 1.91 bits per heavy atom. The molecule has 9 heteroatoms. The Morgan fingerprint density at radius 1 is 1.12 bits per heavy atom. The number of hydrogen-bond acceptors (Lipinski definition) is 6. The van der Waals surface area contributed by atoms with Crippen LogP contribution in [0.1, 0.15) is 53.4 Å². The Balaban J connectivity index is 1.84. The lowest BCUT2D eigenvalue weighted by atomic mass is 9.94. The van der Waals surface area contributed by atoms with Crippen molar-refractivity contribution >= 4 is 29.1 Å². The van der Waals surface area contributed by atoms with Crippen molar-refractivity contribution in [3.8, 4) is 5.75 Å². The number of methoxy groups -OCH3 is 2. The van der Waals surface area contributed by atoms with Crippen LogP contribution in [0.15, 0.2) is 41.8 Å². The summed E-state index contributed by atoms with van der Waals surface area (Å²) >= 11 is 1.30. The number of hydrogen-bond donors (Lipinski definition) is 2. The highest BCUT2D eigenvalue weighted by atomic mass is 32.1. The maximum absolute atomic E-state index is 13.6. The lowest BCUT2D eigenvalue weighted by Gasteiger charge is -2.33. The molecule has 1 saturated carbocycles. The Labute approximate surface area is 204 Å². The van der Waals surface area contributed by atoms with Gasteiger partial charge in [0.2, 0.25) is 11.8 Å². The van der Waals surface area contributed by atoms with E-state index in [0.717, 1.165) is 25.7 Å². The molecule has 0 radical (unpaired) electrons. The number of carbonyl (C=O) groups excluding carboxylic acids is 3. The van der Waals surface area contributed by atoms with Crippen LogP contribution < -0.4 is 15.4 Å². The monoisotopic (exact) mass is 487 g/mol. The van der Waals surface area contributed by atoms with Gasteiger partial charge in [-0.3, -0.25) is 14.4 Å². The molecule has 1 aromatic carbocycles. The lowest BCUT2D eigenvalue weighted by Crippen LogP contribution is -2.50. The fraction of sp³-hybridized carbons (Fsp3) is 0.480. The van der Waals surface area contributed by atoms with Gasteiger partial charge < -0.3 is 25.0 Å². The third-order valence-corrected chi connectivity index (χ3v) is 6.79. The molecular formula is C25H33N3O5S. The first-order valence-corrected chi connectivity index (χ1v) is 12.5. The van der Waals surface area contributed by atoms with Gasteiger partial charge in [-0.1, -0.05) is 37.5 Å². The van der Waals surface area contributed by atoms with Crippen LogP contribution in [0.5, 0.6) is 5.75 Å². The van der Waals surface area contributed by atoms with E-state index in [9.17, 15) is 14.4 Å². The summed E-state index contributed by atoms with van der Waals surface area (Å²) in [5, 5.41) is 7.63. The number of amides is 3. The standard InChI is InChI=1S/C25H33N3O5S/c1-32-14-13-28(22(29)17-26-24(30)21-12-7-15-34-21)23(18-8-6-11-20(16-18)33-2)25(31)27-19-9-4-3-5-10-19/h6-8,11-12,15-16,19,23H,3-5,9-10,13-14,17H2,1-2H3,(H,26,30)(H,27,31)/t23-/m0/s1. The average Bonchev–Trinajstić information content (AvgIpc) is 3.40. The van der Waals surface area contributed by atoms with E-state index >= 15 is 0 Å². The smallest absolute Gasteiger partial charge is 0.261 e. The van der Waals surface area contributed by atoms with Crippen molar-refractivity contribution in [3.63, 3.8) is 0 Å². The summed E-state index contributed by atoms with van der Waals surface area (Å²) in [4.78, 5) is 41.3. The first-order valence-electron chi connectivity index (χ1n) is 11.6. The molecule has 1 aromatic heterocycles. The predicted octanol–water partition coefficient (Wildman–Crippen LogP) is 3.15. The highest BCUT2D eigenvalue weighted by molar-refractivity contribution is 7.12. The van der Waals surface area contributed by atoms with Crippen molar-refractivity contribution in [1.82, 2.24) is 15.5 Å². The van der Waals surface area contributed by atoms with Crippen molar-refractivity contribution in [3.05, 3.63) is 52.2 Å². The van der Waals surface area contributed by atoms with Crippen molar-refractivity contribution < 1.29 is 23.9 Å². The van der Waals surface area contributed by atoms with Gasteiger partial charge >= 0.3 is 0 Å². The quantitative estimate of drug-likeness (QED) is 0.508. The van der Waals surface area contributed by atoms with Gasteiger partial charge in [-0.05, 0) is 42.0 Å². The van der Waals surface area contributed by atoms with Crippen LogP contribution in [0.3, 0.4) is 0 Å². The molecule has 3 amide bonds. The highest BCUT2D eigenvalue weighted by Crippen LogP contribution is 2.26. The molecule has 0 bridgehead atoms. The van der Waals surface area contributed by atoms with Gasteiger partial charge in [-0.2, -0.15) is 0 Å². The summed E-state index contributed by atoms with van der Waals surface area (Å²) in [7, 11) is 3.11. The molecule has 34 heavy (non-hydrogen) atoms. The van der Waals surface area contributed by atoms with E-state index in [1.165, 1.54) is 22.7 Å². The van der Waals surface area contributed by atoms with Crippen LogP contribution in [0.2, 0.25) is 0 Å². The molecule has 1 aliphatic carbocycles.